The molecule has 2 fully saturated rings. The minimum Gasteiger partial charge on any atom is -0.491 e. The van der Waals surface area contributed by atoms with Crippen molar-refractivity contribution in [1.29, 1.82) is 0 Å². The minimum absolute atomic E-state index is 0.245. The van der Waals surface area contributed by atoms with Crippen LogP contribution >= 0.6 is 0 Å². The van der Waals surface area contributed by atoms with Crippen LogP contribution in [0.3, 0.4) is 0 Å². The average molecular weight is 345 g/mol. The largest absolute Gasteiger partial charge is 0.491 e. The number of benzene rings is 1. The highest BCUT2D eigenvalue weighted by molar-refractivity contribution is 6.32. The zero-order valence-electron chi connectivity index (χ0n) is 13.9. The van der Waals surface area contributed by atoms with Crippen molar-refractivity contribution < 1.29 is 18.7 Å². The number of amides is 1. The van der Waals surface area contributed by atoms with Crippen molar-refractivity contribution >= 4 is 22.9 Å². The van der Waals surface area contributed by atoms with Gasteiger partial charge < -0.3 is 14.8 Å². The maximum absolute atomic E-state index is 13.3. The molecule has 0 atom stereocenters. The van der Waals surface area contributed by atoms with Gasteiger partial charge in [-0.05, 0) is 18.2 Å². The van der Waals surface area contributed by atoms with Gasteiger partial charge in [0.05, 0.1) is 36.7 Å². The van der Waals surface area contributed by atoms with Crippen molar-refractivity contribution in [3.63, 3.8) is 0 Å². The lowest BCUT2D eigenvalue weighted by Gasteiger charge is -2.25. The lowest BCUT2D eigenvalue weighted by atomic mass is 10.0. The van der Waals surface area contributed by atoms with Gasteiger partial charge in [-0.3, -0.25) is 14.7 Å². The lowest BCUT2D eigenvalue weighted by molar-refractivity contribution is -0.110. The highest BCUT2D eigenvalue weighted by atomic mass is 19.1. The first-order chi connectivity index (χ1) is 12.2. The van der Waals surface area contributed by atoms with Gasteiger partial charge in [0.25, 0.3) is 5.91 Å². The number of morpholine rings is 1. The van der Waals surface area contributed by atoms with Gasteiger partial charge in [-0.15, -0.1) is 0 Å². The molecular weight excluding hydrogens is 325 g/mol. The van der Waals surface area contributed by atoms with E-state index in [4.69, 9.17) is 9.47 Å². The standard InChI is InChI=1S/C18H20FN3O3/c19-12-1-2-14-15(9-12)21-18(23)17(14)16-10-13(11-25-16)20-3-4-22-5-7-24-8-6-22/h1-2,9H,3-8,10-11H2,(H,21,23). The molecule has 0 bridgehead atoms. The van der Waals surface area contributed by atoms with Crippen LogP contribution in [0, 0.1) is 5.82 Å². The molecule has 2 saturated heterocycles. The quantitative estimate of drug-likeness (QED) is 0.847. The number of carbonyl (C=O) groups excluding carboxylic acids is 1. The zero-order valence-corrected chi connectivity index (χ0v) is 13.9. The normalized spacial score (nSPS) is 25.2. The molecule has 3 aliphatic rings. The highest BCUT2D eigenvalue weighted by Gasteiger charge is 2.31. The molecule has 3 heterocycles. The second kappa shape index (κ2) is 6.93. The van der Waals surface area contributed by atoms with Gasteiger partial charge in [-0.2, -0.15) is 0 Å². The maximum atomic E-state index is 13.3. The van der Waals surface area contributed by atoms with Crippen LogP contribution in [-0.2, 0) is 14.3 Å². The number of nitrogens with one attached hydrogen (secondary N) is 1. The van der Waals surface area contributed by atoms with Crippen molar-refractivity contribution in [2.75, 3.05) is 51.3 Å². The van der Waals surface area contributed by atoms with E-state index in [-0.39, 0.29) is 11.7 Å². The van der Waals surface area contributed by atoms with Crippen molar-refractivity contribution in [2.24, 2.45) is 4.99 Å². The number of nitrogens with zero attached hydrogens (tertiary/aromatic N) is 2. The summed E-state index contributed by atoms with van der Waals surface area (Å²) in [4.78, 5) is 19.2. The summed E-state index contributed by atoms with van der Waals surface area (Å²) >= 11 is 0. The van der Waals surface area contributed by atoms with Gasteiger partial charge in [0.2, 0.25) is 0 Å². The number of hydrogen-bond acceptors (Lipinski definition) is 5. The Morgan fingerprint density at radius 1 is 1.28 bits per heavy atom. The van der Waals surface area contributed by atoms with Crippen LogP contribution in [0.25, 0.3) is 5.57 Å². The van der Waals surface area contributed by atoms with Gasteiger partial charge in [-0.25, -0.2) is 4.39 Å². The van der Waals surface area contributed by atoms with E-state index >= 15 is 0 Å². The number of allylic oxidation sites excluding steroid dienone is 1. The van der Waals surface area contributed by atoms with E-state index in [1.807, 2.05) is 0 Å². The first-order valence-corrected chi connectivity index (χ1v) is 8.50. The molecule has 7 heteroatoms. The second-order valence-electron chi connectivity index (χ2n) is 6.31. The molecule has 0 aromatic heterocycles. The predicted molar refractivity (Wildman–Crippen MR) is 92.1 cm³/mol. The van der Waals surface area contributed by atoms with E-state index in [2.05, 4.69) is 15.2 Å². The number of anilines is 1. The van der Waals surface area contributed by atoms with E-state index < -0.39 is 0 Å². The minimum atomic E-state index is -0.372. The molecular formula is C18H20FN3O3. The number of carbonyl (C=O) groups is 1. The maximum Gasteiger partial charge on any atom is 0.259 e. The molecule has 0 spiro atoms. The number of rotatable bonds is 3. The molecule has 25 heavy (non-hydrogen) atoms. The first kappa shape index (κ1) is 16.2. The Morgan fingerprint density at radius 3 is 2.96 bits per heavy atom. The molecule has 1 aromatic carbocycles. The van der Waals surface area contributed by atoms with Crippen molar-refractivity contribution in [3.8, 4) is 0 Å². The Balaban J connectivity index is 1.44. The van der Waals surface area contributed by atoms with E-state index in [0.717, 1.165) is 45.1 Å². The van der Waals surface area contributed by atoms with Crippen LogP contribution < -0.4 is 5.32 Å². The van der Waals surface area contributed by atoms with Crippen LogP contribution in [0.4, 0.5) is 10.1 Å². The number of hydrogen-bond donors (Lipinski definition) is 1. The summed E-state index contributed by atoms with van der Waals surface area (Å²) in [5.41, 5.74) is 2.62. The third-order valence-corrected chi connectivity index (χ3v) is 4.64. The third-order valence-electron chi connectivity index (χ3n) is 4.64. The molecule has 4 rings (SSSR count). The van der Waals surface area contributed by atoms with Gasteiger partial charge in [0, 0.05) is 31.6 Å². The van der Waals surface area contributed by atoms with Gasteiger partial charge in [-0.1, -0.05) is 0 Å². The number of aliphatic imine (C=N–C) groups is 1. The van der Waals surface area contributed by atoms with Crippen LogP contribution in [0.1, 0.15) is 12.0 Å². The van der Waals surface area contributed by atoms with Gasteiger partial charge in [0.15, 0.2) is 0 Å². The van der Waals surface area contributed by atoms with E-state index in [0.29, 0.717) is 35.6 Å². The molecule has 0 unspecified atom stereocenters. The summed E-state index contributed by atoms with van der Waals surface area (Å²) in [5.74, 6) is 0.00107. The van der Waals surface area contributed by atoms with Crippen LogP contribution in [0.15, 0.2) is 29.0 Å². The summed E-state index contributed by atoms with van der Waals surface area (Å²) in [6.45, 7) is 5.49. The molecule has 132 valence electrons. The average Bonchev–Trinajstić information content (AvgIpc) is 3.18. The molecule has 0 saturated carbocycles. The van der Waals surface area contributed by atoms with Gasteiger partial charge in [0.1, 0.15) is 18.2 Å². The van der Waals surface area contributed by atoms with E-state index in [1.165, 1.54) is 12.1 Å². The summed E-state index contributed by atoms with van der Waals surface area (Å²) in [7, 11) is 0. The zero-order chi connectivity index (χ0) is 17.2. The lowest BCUT2D eigenvalue weighted by Crippen LogP contribution is -2.37. The second-order valence-corrected chi connectivity index (χ2v) is 6.31. The Labute approximate surface area is 145 Å². The van der Waals surface area contributed by atoms with E-state index in [1.54, 1.807) is 6.07 Å². The Bertz CT molecular complexity index is 754. The number of ether oxygens (including phenoxy) is 2. The summed E-state index contributed by atoms with van der Waals surface area (Å²) in [6, 6.07) is 4.29. The Kier molecular flexibility index (Phi) is 4.50. The smallest absolute Gasteiger partial charge is 0.259 e. The molecule has 3 aliphatic heterocycles. The summed E-state index contributed by atoms with van der Waals surface area (Å²) < 4.78 is 24.4. The first-order valence-electron chi connectivity index (χ1n) is 8.50. The van der Waals surface area contributed by atoms with Crippen LogP contribution in [-0.4, -0.2) is 62.5 Å². The molecule has 1 N–H and O–H groups in total. The molecule has 0 radical (unpaired) electrons. The van der Waals surface area contributed by atoms with E-state index in [9.17, 15) is 9.18 Å². The number of fused-ring (bicyclic) bond motifs is 1. The third kappa shape index (κ3) is 3.43. The summed E-state index contributed by atoms with van der Waals surface area (Å²) in [6.07, 6.45) is 0.530. The Morgan fingerprint density at radius 2 is 2.12 bits per heavy atom. The molecule has 1 amide bonds. The predicted octanol–water partition coefficient (Wildman–Crippen LogP) is 1.68. The van der Waals surface area contributed by atoms with Crippen LogP contribution in [0.5, 0.6) is 0 Å². The van der Waals surface area contributed by atoms with Crippen LogP contribution in [0.2, 0.25) is 0 Å². The Hall–Kier alpha value is -2.25. The van der Waals surface area contributed by atoms with Crippen molar-refractivity contribution in [3.05, 3.63) is 35.3 Å². The fourth-order valence-corrected chi connectivity index (χ4v) is 3.32. The molecule has 6 nitrogen and oxygen atoms in total. The van der Waals surface area contributed by atoms with Crippen molar-refractivity contribution in [1.82, 2.24) is 4.90 Å². The number of halogens is 1. The topological polar surface area (TPSA) is 63.2 Å². The monoisotopic (exact) mass is 345 g/mol. The van der Waals surface area contributed by atoms with Gasteiger partial charge >= 0.3 is 0 Å². The SMILES string of the molecule is O=C1Nc2cc(F)ccc2C1=C1CC(=NCCN2CCOCC2)CO1. The molecule has 1 aromatic rings. The summed E-state index contributed by atoms with van der Waals surface area (Å²) in [5, 5.41) is 2.69. The fraction of sp³-hybridized carbons (Fsp3) is 0.444. The fourth-order valence-electron chi connectivity index (χ4n) is 3.32. The highest BCUT2D eigenvalue weighted by Crippen LogP contribution is 2.36. The van der Waals surface area contributed by atoms with Crippen molar-refractivity contribution in [2.45, 2.75) is 6.42 Å². The molecule has 0 aliphatic carbocycles.